The molecule has 142 valence electrons. The number of carbonyl (C=O) groups is 1. The summed E-state index contributed by atoms with van der Waals surface area (Å²) in [6.45, 7) is 1.54. The molecule has 2 aromatic carbocycles. The molecule has 3 rings (SSSR count). The minimum Gasteiger partial charge on any atom is -0.361 e. The maximum Gasteiger partial charge on any atom is 0.221 e. The molecule has 3 N–H and O–H groups in total. The minimum atomic E-state index is -0.109. The number of quaternary nitrogens is 1. The quantitative estimate of drug-likeness (QED) is 0.555. The first-order chi connectivity index (χ1) is 13.0. The second-order valence-corrected chi connectivity index (χ2v) is 7.84. The summed E-state index contributed by atoms with van der Waals surface area (Å²) in [5, 5.41) is 5.14. The molecule has 0 radical (unpaired) electrons. The fourth-order valence-electron chi connectivity index (χ4n) is 3.23. The van der Waals surface area contributed by atoms with Gasteiger partial charge in [0, 0.05) is 29.4 Å². The van der Waals surface area contributed by atoms with Crippen molar-refractivity contribution in [3.63, 3.8) is 0 Å². The van der Waals surface area contributed by atoms with Crippen molar-refractivity contribution in [1.82, 2.24) is 10.3 Å². The molecule has 4 nitrogen and oxygen atoms in total. The van der Waals surface area contributed by atoms with Crippen LogP contribution in [0.2, 0.25) is 10.0 Å². The molecule has 0 aliphatic heterocycles. The molecule has 1 heterocycles. The van der Waals surface area contributed by atoms with Crippen LogP contribution in [0.15, 0.2) is 48.7 Å². The molecule has 0 fully saturated rings. The third-order valence-corrected chi connectivity index (χ3v) is 5.42. The molecule has 1 atom stereocenters. The molecular weight excluding hydrogens is 381 g/mol. The van der Waals surface area contributed by atoms with E-state index in [-0.39, 0.29) is 11.8 Å². The minimum absolute atomic E-state index is 0.0256. The number of H-pyrrole nitrogens is 1. The zero-order valence-electron chi connectivity index (χ0n) is 15.5. The van der Waals surface area contributed by atoms with E-state index in [0.717, 1.165) is 28.6 Å². The zero-order chi connectivity index (χ0) is 19.4. The Bertz CT molecular complexity index is 936. The maximum atomic E-state index is 12.6. The Morgan fingerprint density at radius 3 is 2.67 bits per heavy atom. The Morgan fingerprint density at radius 1 is 1.15 bits per heavy atom. The average Bonchev–Trinajstić information content (AvgIpc) is 3.06. The van der Waals surface area contributed by atoms with Crippen molar-refractivity contribution in [2.75, 3.05) is 27.2 Å². The topological polar surface area (TPSA) is 49.3 Å². The van der Waals surface area contributed by atoms with E-state index in [4.69, 9.17) is 23.2 Å². The number of benzene rings is 2. The van der Waals surface area contributed by atoms with Crippen LogP contribution in [0.3, 0.4) is 0 Å². The van der Waals surface area contributed by atoms with Gasteiger partial charge in [-0.3, -0.25) is 4.79 Å². The first-order valence-electron chi connectivity index (χ1n) is 9.02. The molecule has 0 spiro atoms. The number of halogens is 2. The molecule has 3 aromatic rings. The highest BCUT2D eigenvalue weighted by Crippen LogP contribution is 2.35. The summed E-state index contributed by atoms with van der Waals surface area (Å²) < 4.78 is 0. The molecular formula is C21H24Cl2N3O+. The lowest BCUT2D eigenvalue weighted by atomic mass is 9.88. The first kappa shape index (κ1) is 19.7. The normalized spacial score (nSPS) is 12.5. The van der Waals surface area contributed by atoms with Gasteiger partial charge in [0.25, 0.3) is 0 Å². The maximum absolute atomic E-state index is 12.6. The van der Waals surface area contributed by atoms with Crippen molar-refractivity contribution >= 4 is 40.0 Å². The molecule has 0 aliphatic carbocycles. The zero-order valence-corrected chi connectivity index (χ0v) is 17.0. The monoisotopic (exact) mass is 404 g/mol. The molecule has 6 heteroatoms. The smallest absolute Gasteiger partial charge is 0.221 e. The number of para-hydroxylation sites is 1. The van der Waals surface area contributed by atoms with Gasteiger partial charge >= 0.3 is 0 Å². The summed E-state index contributed by atoms with van der Waals surface area (Å²) in [5.41, 5.74) is 3.11. The predicted octanol–water partition coefficient (Wildman–Crippen LogP) is 3.26. The summed E-state index contributed by atoms with van der Waals surface area (Å²) in [5.74, 6) is -0.0831. The number of nitrogens with one attached hydrogen (secondary N) is 3. The molecule has 0 bridgehead atoms. The van der Waals surface area contributed by atoms with Crippen LogP contribution in [-0.4, -0.2) is 38.1 Å². The van der Waals surface area contributed by atoms with Crippen LogP contribution in [0.4, 0.5) is 0 Å². The van der Waals surface area contributed by atoms with E-state index in [0.29, 0.717) is 23.0 Å². The van der Waals surface area contributed by atoms with Crippen LogP contribution >= 0.6 is 23.2 Å². The fourth-order valence-corrected chi connectivity index (χ4v) is 3.53. The average molecular weight is 405 g/mol. The second-order valence-electron chi connectivity index (χ2n) is 7.03. The Morgan fingerprint density at radius 2 is 1.93 bits per heavy atom. The number of rotatable bonds is 7. The number of hydrogen-bond donors (Lipinski definition) is 3. The Labute approximate surface area is 169 Å². The Balaban J connectivity index is 1.91. The number of aromatic amines is 1. The number of likely N-dealkylation sites (N-methyl/N-ethyl adjacent to an activating group) is 1. The van der Waals surface area contributed by atoms with Gasteiger partial charge in [-0.15, -0.1) is 0 Å². The van der Waals surface area contributed by atoms with E-state index in [1.807, 2.05) is 36.5 Å². The highest BCUT2D eigenvalue weighted by atomic mass is 35.5. The summed E-state index contributed by atoms with van der Waals surface area (Å²) in [7, 11) is 4.13. The number of fused-ring (bicyclic) bond motifs is 1. The van der Waals surface area contributed by atoms with Gasteiger partial charge in [-0.1, -0.05) is 47.5 Å². The molecule has 1 aromatic heterocycles. The molecule has 0 unspecified atom stereocenters. The van der Waals surface area contributed by atoms with Crippen LogP contribution in [0.5, 0.6) is 0 Å². The van der Waals surface area contributed by atoms with Crippen molar-refractivity contribution in [1.29, 1.82) is 0 Å². The van der Waals surface area contributed by atoms with Gasteiger partial charge in [-0.25, -0.2) is 0 Å². The molecule has 0 saturated carbocycles. The lowest BCUT2D eigenvalue weighted by molar-refractivity contribution is -0.856. The van der Waals surface area contributed by atoms with Crippen LogP contribution in [0.25, 0.3) is 10.9 Å². The van der Waals surface area contributed by atoms with Gasteiger partial charge in [0.1, 0.15) is 0 Å². The van der Waals surface area contributed by atoms with E-state index in [1.54, 1.807) is 6.07 Å². The fraction of sp³-hybridized carbons (Fsp3) is 0.286. The van der Waals surface area contributed by atoms with Gasteiger partial charge in [-0.05, 0) is 29.3 Å². The highest BCUT2D eigenvalue weighted by Gasteiger charge is 2.22. The van der Waals surface area contributed by atoms with Crippen molar-refractivity contribution < 1.29 is 9.69 Å². The summed E-state index contributed by atoms with van der Waals surface area (Å²) in [6, 6.07) is 13.7. The van der Waals surface area contributed by atoms with Gasteiger partial charge in [0.15, 0.2) is 0 Å². The summed E-state index contributed by atoms with van der Waals surface area (Å²) in [4.78, 5) is 17.2. The van der Waals surface area contributed by atoms with Gasteiger partial charge in [0.2, 0.25) is 5.91 Å². The van der Waals surface area contributed by atoms with Crippen LogP contribution in [0.1, 0.15) is 23.5 Å². The van der Waals surface area contributed by atoms with E-state index < -0.39 is 0 Å². The summed E-state index contributed by atoms with van der Waals surface area (Å²) in [6.07, 6.45) is 2.33. The van der Waals surface area contributed by atoms with Crippen molar-refractivity contribution in [2.45, 2.75) is 12.3 Å². The SMILES string of the molecule is C[NH+](C)CCNC(=O)C[C@H](c1ccc(Cl)c(Cl)c1)c1c[nH]c2ccccc12. The van der Waals surface area contributed by atoms with Gasteiger partial charge in [-0.2, -0.15) is 0 Å². The van der Waals surface area contributed by atoms with Crippen molar-refractivity contribution in [2.24, 2.45) is 0 Å². The van der Waals surface area contributed by atoms with Gasteiger partial charge < -0.3 is 15.2 Å². The number of carbonyl (C=O) groups excluding carboxylic acids is 1. The summed E-state index contributed by atoms with van der Waals surface area (Å²) >= 11 is 12.3. The van der Waals surface area contributed by atoms with E-state index in [2.05, 4.69) is 30.5 Å². The van der Waals surface area contributed by atoms with E-state index in [1.165, 1.54) is 4.90 Å². The standard InChI is InChI=1S/C21H23Cl2N3O/c1-26(2)10-9-24-21(27)12-16(14-7-8-18(22)19(23)11-14)17-13-25-20-6-4-3-5-15(17)20/h3-8,11,13,16,25H,9-10,12H2,1-2H3,(H,24,27)/p+1/t16-/m1/s1. The van der Waals surface area contributed by atoms with Crippen LogP contribution in [0, 0.1) is 0 Å². The molecule has 1 amide bonds. The van der Waals surface area contributed by atoms with Crippen LogP contribution < -0.4 is 10.2 Å². The second kappa shape index (κ2) is 8.79. The Hall–Kier alpha value is -2.01. The van der Waals surface area contributed by atoms with E-state index in [9.17, 15) is 4.79 Å². The van der Waals surface area contributed by atoms with Crippen molar-refractivity contribution in [3.05, 3.63) is 69.8 Å². The molecule has 0 aliphatic rings. The molecule has 0 saturated heterocycles. The van der Waals surface area contributed by atoms with Crippen LogP contribution in [-0.2, 0) is 4.79 Å². The third-order valence-electron chi connectivity index (χ3n) is 4.68. The van der Waals surface area contributed by atoms with Crippen molar-refractivity contribution in [3.8, 4) is 0 Å². The van der Waals surface area contributed by atoms with E-state index >= 15 is 0 Å². The largest absolute Gasteiger partial charge is 0.361 e. The predicted molar refractivity (Wildman–Crippen MR) is 112 cm³/mol. The Kier molecular flexibility index (Phi) is 6.42. The number of amides is 1. The molecule has 27 heavy (non-hydrogen) atoms. The first-order valence-corrected chi connectivity index (χ1v) is 9.78. The number of hydrogen-bond acceptors (Lipinski definition) is 1. The van der Waals surface area contributed by atoms with Gasteiger partial charge in [0.05, 0.1) is 37.2 Å². The number of aromatic nitrogens is 1. The lowest BCUT2D eigenvalue weighted by Gasteiger charge is -2.18. The highest BCUT2D eigenvalue weighted by molar-refractivity contribution is 6.42. The lowest BCUT2D eigenvalue weighted by Crippen LogP contribution is -3.06. The third kappa shape index (κ3) is 4.83.